The first kappa shape index (κ1) is 10.2. The highest BCUT2D eigenvalue weighted by molar-refractivity contribution is 6.16. The maximum absolute atomic E-state index is 5.72. The van der Waals surface area contributed by atoms with Gasteiger partial charge in [0.25, 0.3) is 0 Å². The Labute approximate surface area is 103 Å². The van der Waals surface area contributed by atoms with Crippen molar-refractivity contribution in [3.8, 4) is 11.3 Å². The molecule has 0 saturated carbocycles. The van der Waals surface area contributed by atoms with E-state index >= 15 is 0 Å². The normalized spacial score (nSPS) is 10.9. The summed E-state index contributed by atoms with van der Waals surface area (Å²) in [4.78, 5) is 15.7. The number of aromatic amines is 1. The molecule has 0 aliphatic heterocycles. The van der Waals surface area contributed by atoms with Crippen molar-refractivity contribution < 1.29 is 0 Å². The van der Waals surface area contributed by atoms with Crippen molar-refractivity contribution in [2.24, 2.45) is 0 Å². The number of nitrogens with one attached hydrogen (secondary N) is 1. The Hall–Kier alpha value is -1.94. The summed E-state index contributed by atoms with van der Waals surface area (Å²) in [7, 11) is 0. The van der Waals surface area contributed by atoms with Gasteiger partial charge in [-0.15, -0.1) is 11.6 Å². The van der Waals surface area contributed by atoms with Crippen molar-refractivity contribution in [3.63, 3.8) is 0 Å². The van der Waals surface area contributed by atoms with Crippen LogP contribution in [0.2, 0.25) is 0 Å². The smallest absolute Gasteiger partial charge is 0.143 e. The fourth-order valence-electron chi connectivity index (χ4n) is 1.72. The summed E-state index contributed by atoms with van der Waals surface area (Å²) < 4.78 is 0. The molecule has 0 radical (unpaired) electrons. The molecule has 0 fully saturated rings. The number of H-pyrrole nitrogens is 1. The molecule has 0 unspecified atom stereocenters. The number of imidazole rings is 1. The molecule has 3 aromatic rings. The maximum atomic E-state index is 5.72. The van der Waals surface area contributed by atoms with Crippen molar-refractivity contribution in [2.45, 2.75) is 5.88 Å². The van der Waals surface area contributed by atoms with Gasteiger partial charge in [-0.3, -0.25) is 0 Å². The first-order valence-electron chi connectivity index (χ1n) is 5.18. The zero-order valence-electron chi connectivity index (χ0n) is 8.89. The van der Waals surface area contributed by atoms with Crippen LogP contribution in [0, 0.1) is 0 Å². The molecule has 84 valence electrons. The van der Waals surface area contributed by atoms with Gasteiger partial charge in [0.1, 0.15) is 5.82 Å². The molecule has 3 rings (SSSR count). The average molecular weight is 245 g/mol. The van der Waals surface area contributed by atoms with E-state index < -0.39 is 0 Å². The Morgan fingerprint density at radius 3 is 3.00 bits per heavy atom. The van der Waals surface area contributed by atoms with Gasteiger partial charge in [0, 0.05) is 11.8 Å². The molecule has 4 nitrogen and oxygen atoms in total. The first-order chi connectivity index (χ1) is 8.36. The van der Waals surface area contributed by atoms with E-state index in [4.69, 9.17) is 11.6 Å². The van der Waals surface area contributed by atoms with Crippen LogP contribution in [0.25, 0.3) is 22.3 Å². The summed E-state index contributed by atoms with van der Waals surface area (Å²) in [6.07, 6.45) is 3.40. The highest BCUT2D eigenvalue weighted by atomic mass is 35.5. The van der Waals surface area contributed by atoms with Crippen LogP contribution in [-0.4, -0.2) is 19.9 Å². The average Bonchev–Trinajstić information content (AvgIpc) is 2.86. The van der Waals surface area contributed by atoms with Crippen molar-refractivity contribution >= 4 is 22.6 Å². The molecule has 2 heterocycles. The monoisotopic (exact) mass is 244 g/mol. The van der Waals surface area contributed by atoms with E-state index in [1.165, 1.54) is 0 Å². The minimum Gasteiger partial charge on any atom is -0.345 e. The summed E-state index contributed by atoms with van der Waals surface area (Å²) in [5, 5.41) is 0. The molecule has 17 heavy (non-hydrogen) atoms. The second-order valence-corrected chi connectivity index (χ2v) is 3.89. The number of halogens is 1. The number of fused-ring (bicyclic) bond motifs is 1. The Morgan fingerprint density at radius 2 is 2.12 bits per heavy atom. The molecule has 0 bridgehead atoms. The minimum absolute atomic E-state index is 0.320. The number of benzene rings is 1. The van der Waals surface area contributed by atoms with Crippen LogP contribution >= 0.6 is 11.6 Å². The number of rotatable bonds is 2. The van der Waals surface area contributed by atoms with Gasteiger partial charge in [-0.25, -0.2) is 15.0 Å². The van der Waals surface area contributed by atoms with Crippen LogP contribution in [0.15, 0.2) is 36.8 Å². The van der Waals surface area contributed by atoms with Crippen molar-refractivity contribution in [3.05, 3.63) is 42.6 Å². The predicted octanol–water partition coefficient (Wildman–Crippen LogP) is 2.76. The SMILES string of the molecule is ClCc1nccc(-c2ccc3nc[nH]c3c2)n1. The van der Waals surface area contributed by atoms with Gasteiger partial charge < -0.3 is 4.98 Å². The Bertz CT molecular complexity index is 662. The third-order valence-electron chi connectivity index (χ3n) is 2.54. The molecular formula is C12H9ClN4. The van der Waals surface area contributed by atoms with E-state index in [2.05, 4.69) is 19.9 Å². The molecule has 1 N–H and O–H groups in total. The summed E-state index contributed by atoms with van der Waals surface area (Å²) in [6.45, 7) is 0. The van der Waals surface area contributed by atoms with Gasteiger partial charge in [-0.1, -0.05) is 6.07 Å². The fraction of sp³-hybridized carbons (Fsp3) is 0.0833. The molecular weight excluding hydrogens is 236 g/mol. The standard InChI is InChI=1S/C12H9ClN4/c13-6-12-14-4-3-9(17-12)8-1-2-10-11(5-8)16-7-15-10/h1-5,7H,6H2,(H,15,16). The molecule has 0 atom stereocenters. The Morgan fingerprint density at radius 1 is 1.18 bits per heavy atom. The van der Waals surface area contributed by atoms with Crippen molar-refractivity contribution in [1.82, 2.24) is 19.9 Å². The third kappa shape index (κ3) is 1.87. The van der Waals surface area contributed by atoms with Crippen LogP contribution in [0.3, 0.4) is 0 Å². The van der Waals surface area contributed by atoms with E-state index in [9.17, 15) is 0 Å². The summed E-state index contributed by atoms with van der Waals surface area (Å²) >= 11 is 5.72. The molecule has 1 aromatic carbocycles. The maximum Gasteiger partial charge on any atom is 0.143 e. The Balaban J connectivity index is 2.12. The lowest BCUT2D eigenvalue weighted by Gasteiger charge is -2.02. The van der Waals surface area contributed by atoms with Crippen molar-refractivity contribution in [2.75, 3.05) is 0 Å². The second-order valence-electron chi connectivity index (χ2n) is 3.63. The number of alkyl halides is 1. The van der Waals surface area contributed by atoms with Crippen LogP contribution in [0.4, 0.5) is 0 Å². The van der Waals surface area contributed by atoms with Gasteiger partial charge >= 0.3 is 0 Å². The number of hydrogen-bond acceptors (Lipinski definition) is 3. The van der Waals surface area contributed by atoms with Crippen molar-refractivity contribution in [1.29, 1.82) is 0 Å². The van der Waals surface area contributed by atoms with Gasteiger partial charge in [0.2, 0.25) is 0 Å². The van der Waals surface area contributed by atoms with Gasteiger partial charge in [0.15, 0.2) is 0 Å². The zero-order chi connectivity index (χ0) is 11.7. The van der Waals surface area contributed by atoms with E-state index in [1.54, 1.807) is 12.5 Å². The lowest BCUT2D eigenvalue weighted by molar-refractivity contribution is 1.03. The fourth-order valence-corrected chi connectivity index (χ4v) is 1.85. The largest absolute Gasteiger partial charge is 0.345 e. The molecule has 0 aliphatic rings. The van der Waals surface area contributed by atoms with Gasteiger partial charge in [-0.05, 0) is 18.2 Å². The van der Waals surface area contributed by atoms with Crippen LogP contribution in [0.5, 0.6) is 0 Å². The zero-order valence-corrected chi connectivity index (χ0v) is 9.65. The first-order valence-corrected chi connectivity index (χ1v) is 5.71. The second kappa shape index (κ2) is 4.14. The molecule has 0 saturated heterocycles. The molecule has 5 heteroatoms. The Kier molecular flexibility index (Phi) is 2.49. The summed E-state index contributed by atoms with van der Waals surface area (Å²) in [5.41, 5.74) is 3.83. The highest BCUT2D eigenvalue weighted by Gasteiger charge is 2.03. The lowest BCUT2D eigenvalue weighted by Crippen LogP contribution is -1.92. The summed E-state index contributed by atoms with van der Waals surface area (Å²) in [5.74, 6) is 0.953. The molecule has 0 spiro atoms. The molecule has 0 amide bonds. The van der Waals surface area contributed by atoms with Crippen LogP contribution < -0.4 is 0 Å². The lowest BCUT2D eigenvalue weighted by atomic mass is 10.1. The molecule has 0 aliphatic carbocycles. The van der Waals surface area contributed by atoms with E-state index in [-0.39, 0.29) is 0 Å². The number of hydrogen-bond donors (Lipinski definition) is 1. The number of nitrogens with zero attached hydrogens (tertiary/aromatic N) is 3. The van der Waals surface area contributed by atoms with Gasteiger partial charge in [0.05, 0.1) is 28.9 Å². The molecule has 2 aromatic heterocycles. The minimum atomic E-state index is 0.320. The quantitative estimate of drug-likeness (QED) is 0.706. The van der Waals surface area contributed by atoms with E-state index in [0.717, 1.165) is 22.3 Å². The summed E-state index contributed by atoms with van der Waals surface area (Å²) in [6, 6.07) is 7.84. The predicted molar refractivity (Wildman–Crippen MR) is 66.7 cm³/mol. The third-order valence-corrected chi connectivity index (χ3v) is 2.78. The highest BCUT2D eigenvalue weighted by Crippen LogP contribution is 2.20. The van der Waals surface area contributed by atoms with Crippen LogP contribution in [-0.2, 0) is 5.88 Å². The van der Waals surface area contributed by atoms with E-state index in [0.29, 0.717) is 11.7 Å². The number of aromatic nitrogens is 4. The van der Waals surface area contributed by atoms with Gasteiger partial charge in [-0.2, -0.15) is 0 Å². The van der Waals surface area contributed by atoms with Crippen LogP contribution in [0.1, 0.15) is 5.82 Å². The van der Waals surface area contributed by atoms with E-state index in [1.807, 2.05) is 24.3 Å². The topological polar surface area (TPSA) is 54.5 Å².